The SMILES string of the molecule is NCCCCCN1CCCN(C(=O)CC(F)(F)F)CC1. The van der Waals surface area contributed by atoms with Gasteiger partial charge in [-0.25, -0.2) is 0 Å². The van der Waals surface area contributed by atoms with Crippen molar-refractivity contribution in [1.29, 1.82) is 0 Å². The van der Waals surface area contributed by atoms with E-state index in [1.807, 2.05) is 0 Å². The first-order valence-corrected chi connectivity index (χ1v) is 7.19. The molecule has 0 aliphatic carbocycles. The van der Waals surface area contributed by atoms with Crippen LogP contribution in [0.1, 0.15) is 32.1 Å². The normalized spacial score (nSPS) is 18.1. The fourth-order valence-electron chi connectivity index (χ4n) is 2.38. The smallest absolute Gasteiger partial charge is 0.341 e. The van der Waals surface area contributed by atoms with Crippen LogP contribution in [0.4, 0.5) is 13.2 Å². The van der Waals surface area contributed by atoms with Gasteiger partial charge in [-0.2, -0.15) is 13.2 Å². The van der Waals surface area contributed by atoms with Crippen molar-refractivity contribution < 1.29 is 18.0 Å². The molecule has 20 heavy (non-hydrogen) atoms. The quantitative estimate of drug-likeness (QED) is 0.757. The molecule has 1 fully saturated rings. The Morgan fingerprint density at radius 3 is 2.45 bits per heavy atom. The van der Waals surface area contributed by atoms with E-state index in [-0.39, 0.29) is 0 Å². The fraction of sp³-hybridized carbons (Fsp3) is 0.923. The summed E-state index contributed by atoms with van der Waals surface area (Å²) in [5, 5.41) is 0. The van der Waals surface area contributed by atoms with E-state index in [1.165, 1.54) is 4.90 Å². The van der Waals surface area contributed by atoms with Gasteiger partial charge in [0.05, 0.1) is 0 Å². The Kier molecular flexibility index (Phi) is 7.29. The zero-order chi connectivity index (χ0) is 15.0. The van der Waals surface area contributed by atoms with Crippen molar-refractivity contribution in [1.82, 2.24) is 9.80 Å². The van der Waals surface area contributed by atoms with E-state index in [2.05, 4.69) is 4.90 Å². The van der Waals surface area contributed by atoms with Crippen LogP contribution in [0.15, 0.2) is 0 Å². The molecule has 0 aromatic heterocycles. The van der Waals surface area contributed by atoms with Crippen LogP contribution >= 0.6 is 0 Å². The molecule has 0 atom stereocenters. The lowest BCUT2D eigenvalue weighted by molar-refractivity contribution is -0.161. The third-order valence-electron chi connectivity index (χ3n) is 3.47. The molecular weight excluding hydrogens is 271 g/mol. The Bertz CT molecular complexity index is 297. The summed E-state index contributed by atoms with van der Waals surface area (Å²) in [4.78, 5) is 15.1. The Morgan fingerprint density at radius 2 is 1.80 bits per heavy atom. The zero-order valence-electron chi connectivity index (χ0n) is 11.8. The number of hydrogen-bond donors (Lipinski definition) is 1. The summed E-state index contributed by atoms with van der Waals surface area (Å²) in [6.07, 6.45) is -1.89. The number of rotatable bonds is 6. The van der Waals surface area contributed by atoms with Gasteiger partial charge in [-0.1, -0.05) is 6.42 Å². The Balaban J connectivity index is 2.30. The predicted molar refractivity (Wildman–Crippen MR) is 71.2 cm³/mol. The maximum atomic E-state index is 12.2. The number of nitrogens with zero attached hydrogens (tertiary/aromatic N) is 2. The molecule has 1 amide bonds. The highest BCUT2D eigenvalue weighted by molar-refractivity contribution is 5.76. The van der Waals surface area contributed by atoms with Crippen LogP contribution in [-0.2, 0) is 4.79 Å². The Hall–Kier alpha value is -0.820. The second kappa shape index (κ2) is 8.46. The standard InChI is InChI=1S/C13H24F3N3O/c14-13(15,16)11-12(20)19-8-4-7-18(9-10-19)6-3-1-2-5-17/h1-11,17H2. The molecule has 1 heterocycles. The van der Waals surface area contributed by atoms with Crippen molar-refractivity contribution in [2.45, 2.75) is 38.3 Å². The summed E-state index contributed by atoms with van der Waals surface area (Å²) < 4.78 is 36.6. The maximum absolute atomic E-state index is 12.2. The summed E-state index contributed by atoms with van der Waals surface area (Å²) in [5.41, 5.74) is 5.43. The van der Waals surface area contributed by atoms with Gasteiger partial charge in [-0.05, 0) is 38.9 Å². The van der Waals surface area contributed by atoms with E-state index < -0.39 is 18.5 Å². The van der Waals surface area contributed by atoms with E-state index in [1.54, 1.807) is 0 Å². The molecular formula is C13H24F3N3O. The average Bonchev–Trinajstić information content (AvgIpc) is 2.58. The van der Waals surface area contributed by atoms with Crippen LogP contribution in [-0.4, -0.2) is 61.2 Å². The number of carbonyl (C=O) groups is 1. The third kappa shape index (κ3) is 7.09. The number of amides is 1. The molecule has 1 aliphatic rings. The molecule has 4 nitrogen and oxygen atoms in total. The van der Waals surface area contributed by atoms with Crippen LogP contribution in [0.3, 0.4) is 0 Å². The van der Waals surface area contributed by atoms with E-state index in [0.29, 0.717) is 26.2 Å². The first kappa shape index (κ1) is 17.2. The topological polar surface area (TPSA) is 49.6 Å². The van der Waals surface area contributed by atoms with Gasteiger partial charge in [-0.15, -0.1) is 0 Å². The molecule has 0 unspecified atom stereocenters. The molecule has 2 N–H and O–H groups in total. The van der Waals surface area contributed by atoms with E-state index in [4.69, 9.17) is 5.73 Å². The molecule has 1 aliphatic heterocycles. The largest absolute Gasteiger partial charge is 0.397 e. The van der Waals surface area contributed by atoms with Crippen molar-refractivity contribution in [2.75, 3.05) is 39.3 Å². The second-order valence-corrected chi connectivity index (χ2v) is 5.22. The lowest BCUT2D eigenvalue weighted by atomic mass is 10.2. The fourth-order valence-corrected chi connectivity index (χ4v) is 2.38. The van der Waals surface area contributed by atoms with Gasteiger partial charge >= 0.3 is 6.18 Å². The van der Waals surface area contributed by atoms with E-state index >= 15 is 0 Å². The Labute approximate surface area is 118 Å². The highest BCUT2D eigenvalue weighted by Gasteiger charge is 2.33. The minimum Gasteiger partial charge on any atom is -0.341 e. The molecule has 0 saturated carbocycles. The van der Waals surface area contributed by atoms with Crippen LogP contribution < -0.4 is 5.73 Å². The summed E-state index contributed by atoms with van der Waals surface area (Å²) >= 11 is 0. The second-order valence-electron chi connectivity index (χ2n) is 5.22. The summed E-state index contributed by atoms with van der Waals surface area (Å²) in [6.45, 7) is 3.95. The number of unbranched alkanes of at least 4 members (excludes halogenated alkanes) is 2. The predicted octanol–water partition coefficient (Wildman–Crippen LogP) is 1.60. The molecule has 1 rings (SSSR count). The Morgan fingerprint density at radius 1 is 1.05 bits per heavy atom. The van der Waals surface area contributed by atoms with Crippen LogP contribution in [0.2, 0.25) is 0 Å². The van der Waals surface area contributed by atoms with Crippen molar-refractivity contribution >= 4 is 5.91 Å². The maximum Gasteiger partial charge on any atom is 0.397 e. The molecule has 1 saturated heterocycles. The van der Waals surface area contributed by atoms with Crippen molar-refractivity contribution in [3.05, 3.63) is 0 Å². The summed E-state index contributed by atoms with van der Waals surface area (Å²) in [7, 11) is 0. The minimum absolute atomic E-state index is 0.395. The zero-order valence-corrected chi connectivity index (χ0v) is 11.8. The molecule has 0 bridgehead atoms. The molecule has 118 valence electrons. The first-order chi connectivity index (χ1) is 9.42. The lowest BCUT2D eigenvalue weighted by Gasteiger charge is -2.22. The van der Waals surface area contributed by atoms with Crippen LogP contribution in [0, 0.1) is 0 Å². The molecule has 7 heteroatoms. The van der Waals surface area contributed by atoms with Crippen molar-refractivity contribution in [3.63, 3.8) is 0 Å². The number of halogens is 3. The number of alkyl halides is 3. The molecule has 0 aromatic rings. The van der Waals surface area contributed by atoms with Crippen molar-refractivity contribution in [2.24, 2.45) is 5.73 Å². The van der Waals surface area contributed by atoms with E-state index in [9.17, 15) is 18.0 Å². The van der Waals surface area contributed by atoms with Gasteiger partial charge < -0.3 is 15.5 Å². The van der Waals surface area contributed by atoms with Crippen molar-refractivity contribution in [3.8, 4) is 0 Å². The van der Waals surface area contributed by atoms with Gasteiger partial charge in [0.25, 0.3) is 0 Å². The van der Waals surface area contributed by atoms with Crippen LogP contribution in [0.5, 0.6) is 0 Å². The molecule has 0 aromatic carbocycles. The molecule has 0 spiro atoms. The van der Waals surface area contributed by atoms with Gasteiger partial charge in [0.2, 0.25) is 5.91 Å². The van der Waals surface area contributed by atoms with Crippen LogP contribution in [0.25, 0.3) is 0 Å². The van der Waals surface area contributed by atoms with Gasteiger partial charge in [0.15, 0.2) is 0 Å². The highest BCUT2D eigenvalue weighted by Crippen LogP contribution is 2.21. The first-order valence-electron chi connectivity index (χ1n) is 7.19. The van der Waals surface area contributed by atoms with E-state index in [0.717, 1.165) is 38.8 Å². The summed E-state index contributed by atoms with van der Waals surface area (Å²) in [5.74, 6) is -0.803. The third-order valence-corrected chi connectivity index (χ3v) is 3.47. The van der Waals surface area contributed by atoms with Gasteiger partial charge in [0.1, 0.15) is 6.42 Å². The number of nitrogens with two attached hydrogens (primary N) is 1. The number of hydrogen-bond acceptors (Lipinski definition) is 3. The highest BCUT2D eigenvalue weighted by atomic mass is 19.4. The average molecular weight is 295 g/mol. The monoisotopic (exact) mass is 295 g/mol. The summed E-state index contributed by atoms with van der Waals surface area (Å²) in [6, 6.07) is 0. The van der Waals surface area contributed by atoms with Gasteiger partial charge in [-0.3, -0.25) is 4.79 Å². The molecule has 0 radical (unpaired) electrons. The number of carbonyl (C=O) groups excluding carboxylic acids is 1. The lowest BCUT2D eigenvalue weighted by Crippen LogP contribution is -2.37. The van der Waals surface area contributed by atoms with Gasteiger partial charge in [0, 0.05) is 19.6 Å². The minimum atomic E-state index is -4.41.